The summed E-state index contributed by atoms with van der Waals surface area (Å²) in [4.78, 5) is 28.3. The van der Waals surface area contributed by atoms with Crippen molar-refractivity contribution in [3.8, 4) is 0 Å². The Morgan fingerprint density at radius 1 is 1.10 bits per heavy atom. The highest BCUT2D eigenvalue weighted by Gasteiger charge is 2.33. The topological polar surface area (TPSA) is 108 Å². The van der Waals surface area contributed by atoms with E-state index in [2.05, 4.69) is 15.6 Å². The van der Waals surface area contributed by atoms with Gasteiger partial charge in [-0.2, -0.15) is 4.31 Å². The van der Waals surface area contributed by atoms with Crippen molar-refractivity contribution in [3.63, 3.8) is 0 Å². The van der Waals surface area contributed by atoms with Gasteiger partial charge >= 0.3 is 0 Å². The van der Waals surface area contributed by atoms with Crippen molar-refractivity contribution >= 4 is 21.8 Å². The third-order valence-corrected chi connectivity index (χ3v) is 6.75. The summed E-state index contributed by atoms with van der Waals surface area (Å²) in [6.07, 6.45) is 4.29. The molecule has 8 nitrogen and oxygen atoms in total. The van der Waals surface area contributed by atoms with Gasteiger partial charge in [0.15, 0.2) is 0 Å². The first-order valence-electron chi connectivity index (χ1n) is 9.55. The van der Waals surface area contributed by atoms with Gasteiger partial charge in [0.25, 0.3) is 0 Å². The van der Waals surface area contributed by atoms with E-state index in [-0.39, 0.29) is 36.3 Å². The highest BCUT2D eigenvalue weighted by Crippen LogP contribution is 2.24. The van der Waals surface area contributed by atoms with E-state index in [1.165, 1.54) is 16.4 Å². The number of hydrogen-bond acceptors (Lipinski definition) is 5. The molecule has 1 unspecified atom stereocenters. The first kappa shape index (κ1) is 21.8. The van der Waals surface area contributed by atoms with Crippen LogP contribution in [0.15, 0.2) is 53.7 Å². The quantitative estimate of drug-likeness (QED) is 0.677. The highest BCUT2D eigenvalue weighted by molar-refractivity contribution is 7.89. The summed E-state index contributed by atoms with van der Waals surface area (Å²) >= 11 is 0. The average molecular weight is 434 g/mol. The van der Waals surface area contributed by atoms with Crippen molar-refractivity contribution in [2.24, 2.45) is 5.92 Å². The molecule has 30 heavy (non-hydrogen) atoms. The molecule has 2 heterocycles. The summed E-state index contributed by atoms with van der Waals surface area (Å²) in [7, 11) is -3.81. The number of carbonyl (C=O) groups is 2. The molecule has 0 spiro atoms. The van der Waals surface area contributed by atoms with Crippen molar-refractivity contribution < 1.29 is 22.4 Å². The van der Waals surface area contributed by atoms with E-state index in [1.807, 2.05) is 0 Å². The molecule has 3 rings (SSSR count). The first-order chi connectivity index (χ1) is 14.4. The number of halogens is 1. The predicted molar refractivity (Wildman–Crippen MR) is 107 cm³/mol. The number of piperidine rings is 1. The van der Waals surface area contributed by atoms with Crippen LogP contribution in [0.2, 0.25) is 0 Å². The number of nitrogens with one attached hydrogen (secondary N) is 2. The molecule has 0 aliphatic carbocycles. The molecule has 1 aromatic heterocycles. The molecule has 0 bridgehead atoms. The molecule has 1 aromatic carbocycles. The van der Waals surface area contributed by atoms with E-state index in [9.17, 15) is 22.4 Å². The molecule has 10 heteroatoms. The molecule has 0 radical (unpaired) electrons. The number of carbonyl (C=O) groups excluding carboxylic acids is 2. The number of amides is 2. The lowest BCUT2D eigenvalue weighted by molar-refractivity contribution is -0.129. The second-order valence-electron chi connectivity index (χ2n) is 7.01. The normalized spacial score (nSPS) is 17.3. The van der Waals surface area contributed by atoms with Gasteiger partial charge in [0.05, 0.1) is 17.4 Å². The standard InChI is InChI=1S/C20H23FN4O4S/c21-17-3-5-18(6-4-17)30(28,29)25-11-1-2-16(14-25)20(27)24-13-19(26)23-12-15-7-9-22-10-8-15/h3-10,16H,1-2,11-14H2,(H,23,26)(H,24,27). The number of hydrogen-bond donors (Lipinski definition) is 2. The van der Waals surface area contributed by atoms with Gasteiger partial charge in [-0.1, -0.05) is 0 Å². The Morgan fingerprint density at radius 2 is 1.80 bits per heavy atom. The van der Waals surface area contributed by atoms with Crippen LogP contribution in [-0.2, 0) is 26.2 Å². The lowest BCUT2D eigenvalue weighted by atomic mass is 9.99. The first-order valence-corrected chi connectivity index (χ1v) is 11.0. The Hall–Kier alpha value is -2.85. The van der Waals surface area contributed by atoms with Gasteiger partial charge in [-0.15, -0.1) is 0 Å². The fourth-order valence-electron chi connectivity index (χ4n) is 3.21. The third-order valence-electron chi connectivity index (χ3n) is 4.87. The molecule has 2 N–H and O–H groups in total. The van der Waals surface area contributed by atoms with Crippen LogP contribution >= 0.6 is 0 Å². The molecule has 1 fully saturated rings. The lowest BCUT2D eigenvalue weighted by Gasteiger charge is -2.31. The Bertz CT molecular complexity index is 984. The molecule has 1 atom stereocenters. The minimum Gasteiger partial charge on any atom is -0.350 e. The van der Waals surface area contributed by atoms with Crippen molar-refractivity contribution in [2.45, 2.75) is 24.3 Å². The summed E-state index contributed by atoms with van der Waals surface area (Å²) in [5, 5.41) is 5.27. The van der Waals surface area contributed by atoms with Crippen LogP contribution in [0.25, 0.3) is 0 Å². The molecule has 2 aromatic rings. The Morgan fingerprint density at radius 3 is 2.50 bits per heavy atom. The second kappa shape index (κ2) is 9.77. The number of aromatic nitrogens is 1. The van der Waals surface area contributed by atoms with E-state index >= 15 is 0 Å². The minimum atomic E-state index is -3.81. The van der Waals surface area contributed by atoms with Gasteiger partial charge in [-0.05, 0) is 54.8 Å². The summed E-state index contributed by atoms with van der Waals surface area (Å²) in [5.74, 6) is -1.78. The van der Waals surface area contributed by atoms with Gasteiger partial charge in [-0.3, -0.25) is 14.6 Å². The number of sulfonamides is 1. The zero-order chi connectivity index (χ0) is 21.6. The fraction of sp³-hybridized carbons (Fsp3) is 0.350. The Balaban J connectivity index is 1.51. The maximum atomic E-state index is 13.1. The fourth-order valence-corrected chi connectivity index (χ4v) is 4.73. The molecule has 0 saturated carbocycles. The van der Waals surface area contributed by atoms with Gasteiger partial charge < -0.3 is 10.6 Å². The monoisotopic (exact) mass is 434 g/mol. The molecule has 1 saturated heterocycles. The number of benzene rings is 1. The van der Waals surface area contributed by atoms with E-state index in [1.54, 1.807) is 24.5 Å². The van der Waals surface area contributed by atoms with Crippen LogP contribution in [0, 0.1) is 11.7 Å². The SMILES string of the molecule is O=C(CNC(=O)C1CCCN(S(=O)(=O)c2ccc(F)cc2)C1)NCc1ccncc1. The van der Waals surface area contributed by atoms with Crippen molar-refractivity contribution in [2.75, 3.05) is 19.6 Å². The minimum absolute atomic E-state index is 0.0135. The number of rotatable bonds is 7. The molecule has 160 valence electrons. The predicted octanol–water partition coefficient (Wildman–Crippen LogP) is 1.05. The summed E-state index contributed by atoms with van der Waals surface area (Å²) in [6, 6.07) is 8.15. The van der Waals surface area contributed by atoms with Crippen molar-refractivity contribution in [1.82, 2.24) is 19.9 Å². The average Bonchev–Trinajstić information content (AvgIpc) is 2.77. The largest absolute Gasteiger partial charge is 0.350 e. The Kier molecular flexibility index (Phi) is 7.11. The van der Waals surface area contributed by atoms with Gasteiger partial charge in [0.1, 0.15) is 5.82 Å². The molecule has 1 aliphatic heterocycles. The zero-order valence-corrected chi connectivity index (χ0v) is 17.1. The van der Waals surface area contributed by atoms with Gasteiger partial charge in [0, 0.05) is 32.0 Å². The van der Waals surface area contributed by atoms with E-state index in [4.69, 9.17) is 0 Å². The molecular formula is C20H23FN4O4S. The molecular weight excluding hydrogens is 411 g/mol. The summed E-state index contributed by atoms with van der Waals surface area (Å²) < 4.78 is 39.8. The van der Waals surface area contributed by atoms with E-state index in [0.29, 0.717) is 19.4 Å². The van der Waals surface area contributed by atoms with Crippen LogP contribution in [0.5, 0.6) is 0 Å². The van der Waals surface area contributed by atoms with Crippen LogP contribution in [0.4, 0.5) is 4.39 Å². The van der Waals surface area contributed by atoms with E-state index < -0.39 is 21.8 Å². The van der Waals surface area contributed by atoms with Crippen molar-refractivity contribution in [1.29, 1.82) is 0 Å². The summed E-state index contributed by atoms with van der Waals surface area (Å²) in [6.45, 7) is 0.440. The number of pyridine rings is 1. The van der Waals surface area contributed by atoms with Gasteiger partial charge in [-0.25, -0.2) is 12.8 Å². The second-order valence-corrected chi connectivity index (χ2v) is 8.94. The smallest absolute Gasteiger partial charge is 0.243 e. The maximum absolute atomic E-state index is 13.1. The zero-order valence-electron chi connectivity index (χ0n) is 16.3. The number of nitrogens with zero attached hydrogens (tertiary/aromatic N) is 2. The van der Waals surface area contributed by atoms with Crippen molar-refractivity contribution in [3.05, 3.63) is 60.2 Å². The van der Waals surface area contributed by atoms with E-state index in [0.717, 1.165) is 17.7 Å². The lowest BCUT2D eigenvalue weighted by Crippen LogP contribution is -2.47. The molecule has 1 aliphatic rings. The molecule has 2 amide bonds. The Labute approximate surface area is 174 Å². The van der Waals surface area contributed by atoms with Crippen LogP contribution in [-0.4, -0.2) is 49.2 Å². The maximum Gasteiger partial charge on any atom is 0.243 e. The van der Waals surface area contributed by atoms with Crippen LogP contribution in [0.1, 0.15) is 18.4 Å². The van der Waals surface area contributed by atoms with Crippen LogP contribution < -0.4 is 10.6 Å². The third kappa shape index (κ3) is 5.61. The summed E-state index contributed by atoms with van der Waals surface area (Å²) in [5.41, 5.74) is 0.888. The highest BCUT2D eigenvalue weighted by atomic mass is 32.2. The van der Waals surface area contributed by atoms with Crippen LogP contribution in [0.3, 0.4) is 0 Å². The van der Waals surface area contributed by atoms with Gasteiger partial charge in [0.2, 0.25) is 21.8 Å².